The van der Waals surface area contributed by atoms with E-state index >= 15 is 0 Å². The monoisotopic (exact) mass is 322 g/mol. The maximum atomic E-state index is 9.92. The van der Waals surface area contributed by atoms with Crippen LogP contribution in [0.25, 0.3) is 10.8 Å². The minimum absolute atomic E-state index is 0. The second-order valence-electron chi connectivity index (χ2n) is 5.39. The molecule has 4 nitrogen and oxygen atoms in total. The number of nitrogens with zero attached hydrogens (tertiary/aromatic N) is 1. The lowest BCUT2D eigenvalue weighted by Gasteiger charge is -2.34. The van der Waals surface area contributed by atoms with Crippen LogP contribution in [0.3, 0.4) is 0 Å². The molecule has 22 heavy (non-hydrogen) atoms. The van der Waals surface area contributed by atoms with Crippen LogP contribution in [0.4, 0.5) is 0 Å². The summed E-state index contributed by atoms with van der Waals surface area (Å²) in [5.41, 5.74) is 1.18. The molecule has 1 saturated heterocycles. The smallest absolute Gasteiger partial charge is 0.126 e. The zero-order valence-electron chi connectivity index (χ0n) is 12.8. The van der Waals surface area contributed by atoms with Gasteiger partial charge in [0.25, 0.3) is 0 Å². The minimum atomic E-state index is 0. The van der Waals surface area contributed by atoms with Crippen LogP contribution in [0.15, 0.2) is 36.4 Å². The summed E-state index contributed by atoms with van der Waals surface area (Å²) in [5, 5.41) is 15.5. The largest absolute Gasteiger partial charge is 0.496 e. The van der Waals surface area contributed by atoms with Crippen LogP contribution in [0, 0.1) is 0 Å². The van der Waals surface area contributed by atoms with Crippen LogP contribution in [0.1, 0.15) is 11.6 Å². The zero-order chi connectivity index (χ0) is 14.7. The third kappa shape index (κ3) is 3.20. The Kier molecular flexibility index (Phi) is 6.03. The molecule has 1 atom stereocenters. The number of aliphatic hydroxyl groups excluding tert-OH is 1. The fourth-order valence-electron chi connectivity index (χ4n) is 3.17. The van der Waals surface area contributed by atoms with E-state index < -0.39 is 0 Å². The van der Waals surface area contributed by atoms with Gasteiger partial charge in [0.1, 0.15) is 5.75 Å². The van der Waals surface area contributed by atoms with Gasteiger partial charge in [0.05, 0.1) is 19.8 Å². The molecule has 0 radical (unpaired) electrons. The molecular formula is C17H23ClN2O2. The van der Waals surface area contributed by atoms with Crippen molar-refractivity contribution in [3.8, 4) is 5.75 Å². The molecule has 1 fully saturated rings. The summed E-state index contributed by atoms with van der Waals surface area (Å²) in [6.07, 6.45) is 0. The van der Waals surface area contributed by atoms with Gasteiger partial charge in [-0.15, -0.1) is 12.4 Å². The highest BCUT2D eigenvalue weighted by Crippen LogP contribution is 2.33. The number of hydrogen-bond donors (Lipinski definition) is 2. The number of hydrogen-bond acceptors (Lipinski definition) is 4. The summed E-state index contributed by atoms with van der Waals surface area (Å²) in [6, 6.07) is 12.4. The predicted octanol–water partition coefficient (Wildman–Crippen LogP) is 2.21. The summed E-state index contributed by atoms with van der Waals surface area (Å²) < 4.78 is 5.46. The van der Waals surface area contributed by atoms with Gasteiger partial charge in [-0.1, -0.05) is 30.3 Å². The quantitative estimate of drug-likeness (QED) is 0.906. The van der Waals surface area contributed by atoms with Gasteiger partial charge in [-0.05, 0) is 17.0 Å². The van der Waals surface area contributed by atoms with Crippen LogP contribution in [0.2, 0.25) is 0 Å². The number of methoxy groups -OCH3 is 1. The van der Waals surface area contributed by atoms with E-state index in [9.17, 15) is 5.11 Å². The van der Waals surface area contributed by atoms with Crippen LogP contribution in [-0.2, 0) is 0 Å². The SMILES string of the molecule is COc1ccc([C@H](CO)N2CCNCC2)c2ccccc12.Cl. The number of nitrogens with one attached hydrogen (secondary N) is 1. The molecule has 1 aliphatic rings. The Balaban J connectivity index is 0.00000176. The summed E-state index contributed by atoms with van der Waals surface area (Å²) >= 11 is 0. The number of halogens is 1. The Labute approximate surface area is 137 Å². The van der Waals surface area contributed by atoms with Gasteiger partial charge < -0.3 is 15.2 Å². The lowest BCUT2D eigenvalue weighted by atomic mass is 9.97. The second kappa shape index (κ2) is 7.79. The zero-order valence-corrected chi connectivity index (χ0v) is 13.6. The van der Waals surface area contributed by atoms with Crippen LogP contribution in [0.5, 0.6) is 5.75 Å². The standard InChI is InChI=1S/C17H22N2O2.ClH/c1-21-17-7-6-14(13-4-2-3-5-15(13)17)16(12-20)19-10-8-18-9-11-19;/h2-7,16,18,20H,8-12H2,1H3;1H/t16-;/m0./s1. The first-order valence-electron chi connectivity index (χ1n) is 7.46. The summed E-state index contributed by atoms with van der Waals surface area (Å²) in [7, 11) is 1.70. The molecule has 2 N–H and O–H groups in total. The van der Waals surface area contributed by atoms with E-state index in [1.54, 1.807) is 7.11 Å². The number of fused-ring (bicyclic) bond motifs is 1. The van der Waals surface area contributed by atoms with E-state index in [4.69, 9.17) is 4.74 Å². The van der Waals surface area contributed by atoms with Crippen molar-refractivity contribution in [1.29, 1.82) is 0 Å². The molecule has 2 aromatic rings. The maximum Gasteiger partial charge on any atom is 0.126 e. The number of piperazine rings is 1. The summed E-state index contributed by atoms with van der Waals surface area (Å²) in [6.45, 7) is 4.02. The lowest BCUT2D eigenvalue weighted by molar-refractivity contribution is 0.111. The first-order valence-corrected chi connectivity index (χ1v) is 7.46. The van der Waals surface area contributed by atoms with Gasteiger partial charge in [-0.25, -0.2) is 0 Å². The van der Waals surface area contributed by atoms with E-state index in [2.05, 4.69) is 28.4 Å². The first-order chi connectivity index (χ1) is 10.3. The van der Waals surface area contributed by atoms with E-state index in [0.29, 0.717) is 0 Å². The van der Waals surface area contributed by atoms with Crippen LogP contribution >= 0.6 is 12.4 Å². The molecule has 0 spiro atoms. The van der Waals surface area contributed by atoms with Gasteiger partial charge in [-0.3, -0.25) is 4.90 Å². The Hall–Kier alpha value is -1.33. The van der Waals surface area contributed by atoms with Crippen molar-refractivity contribution in [2.45, 2.75) is 6.04 Å². The summed E-state index contributed by atoms with van der Waals surface area (Å²) in [4.78, 5) is 2.35. The number of benzene rings is 2. The normalized spacial score (nSPS) is 17.0. The van der Waals surface area contributed by atoms with Crippen molar-refractivity contribution in [2.75, 3.05) is 39.9 Å². The molecule has 0 bridgehead atoms. The van der Waals surface area contributed by atoms with Gasteiger partial charge in [0.15, 0.2) is 0 Å². The van der Waals surface area contributed by atoms with Crippen molar-refractivity contribution in [3.63, 3.8) is 0 Å². The molecule has 120 valence electrons. The van der Waals surface area contributed by atoms with E-state index in [1.165, 1.54) is 5.56 Å². The van der Waals surface area contributed by atoms with Crippen LogP contribution < -0.4 is 10.1 Å². The third-order valence-corrected chi connectivity index (χ3v) is 4.26. The van der Waals surface area contributed by atoms with Crippen LogP contribution in [-0.4, -0.2) is 49.9 Å². The molecule has 0 saturated carbocycles. The Morgan fingerprint density at radius 2 is 1.82 bits per heavy atom. The molecule has 1 aliphatic heterocycles. The summed E-state index contributed by atoms with van der Waals surface area (Å²) in [5.74, 6) is 0.881. The molecule has 0 aliphatic carbocycles. The topological polar surface area (TPSA) is 44.7 Å². The van der Waals surface area contributed by atoms with Crippen molar-refractivity contribution in [1.82, 2.24) is 10.2 Å². The predicted molar refractivity (Wildman–Crippen MR) is 92.0 cm³/mol. The highest BCUT2D eigenvalue weighted by atomic mass is 35.5. The Morgan fingerprint density at radius 3 is 2.45 bits per heavy atom. The van der Waals surface area contributed by atoms with E-state index in [-0.39, 0.29) is 25.1 Å². The molecular weight excluding hydrogens is 300 g/mol. The average molecular weight is 323 g/mol. The fraction of sp³-hybridized carbons (Fsp3) is 0.412. The van der Waals surface area contributed by atoms with Gasteiger partial charge in [0.2, 0.25) is 0 Å². The minimum Gasteiger partial charge on any atom is -0.496 e. The molecule has 0 amide bonds. The molecule has 1 heterocycles. The van der Waals surface area contributed by atoms with Crippen molar-refractivity contribution < 1.29 is 9.84 Å². The molecule has 0 unspecified atom stereocenters. The Morgan fingerprint density at radius 1 is 1.14 bits per heavy atom. The molecule has 3 rings (SSSR count). The maximum absolute atomic E-state index is 9.92. The second-order valence-corrected chi connectivity index (χ2v) is 5.39. The fourth-order valence-corrected chi connectivity index (χ4v) is 3.17. The Bertz CT molecular complexity index is 615. The average Bonchev–Trinajstić information content (AvgIpc) is 2.56. The number of aliphatic hydroxyl groups is 1. The molecule has 2 aromatic carbocycles. The lowest BCUT2D eigenvalue weighted by Crippen LogP contribution is -2.46. The van der Waals surface area contributed by atoms with Crippen molar-refractivity contribution >= 4 is 23.2 Å². The van der Waals surface area contributed by atoms with E-state index in [0.717, 1.165) is 42.7 Å². The van der Waals surface area contributed by atoms with Crippen molar-refractivity contribution in [3.05, 3.63) is 42.0 Å². The third-order valence-electron chi connectivity index (χ3n) is 4.26. The van der Waals surface area contributed by atoms with Gasteiger partial charge >= 0.3 is 0 Å². The van der Waals surface area contributed by atoms with E-state index in [1.807, 2.05) is 18.2 Å². The highest BCUT2D eigenvalue weighted by molar-refractivity contribution is 5.91. The number of rotatable bonds is 4. The van der Waals surface area contributed by atoms with Crippen molar-refractivity contribution in [2.24, 2.45) is 0 Å². The highest BCUT2D eigenvalue weighted by Gasteiger charge is 2.23. The van der Waals surface area contributed by atoms with Gasteiger partial charge in [0, 0.05) is 31.6 Å². The van der Waals surface area contributed by atoms with Gasteiger partial charge in [-0.2, -0.15) is 0 Å². The molecule has 5 heteroatoms. The molecule has 0 aromatic heterocycles. The number of ether oxygens (including phenoxy) is 1. The first kappa shape index (κ1) is 17.0.